The molecule has 0 spiro atoms. The highest BCUT2D eigenvalue weighted by atomic mass is 32.2. The maximum absolute atomic E-state index is 12.7. The number of hydrogen-bond acceptors (Lipinski definition) is 3. The summed E-state index contributed by atoms with van der Waals surface area (Å²) in [7, 11) is 1.67. The minimum absolute atomic E-state index is 0.196. The number of carbonyl (C=O) groups excluding carboxylic acids is 1. The topological polar surface area (TPSA) is 29.5 Å². The molecule has 1 amide bonds. The second kappa shape index (κ2) is 7.75. The lowest BCUT2D eigenvalue weighted by Gasteiger charge is -2.25. The zero-order valence-electron chi connectivity index (χ0n) is 14.2. The molecule has 1 unspecified atom stereocenters. The molecule has 0 aliphatic carbocycles. The van der Waals surface area contributed by atoms with E-state index in [1.165, 1.54) is 11.1 Å². The van der Waals surface area contributed by atoms with Crippen LogP contribution in [0.5, 0.6) is 5.75 Å². The van der Waals surface area contributed by atoms with E-state index in [0.29, 0.717) is 5.75 Å². The zero-order chi connectivity index (χ0) is 16.9. The van der Waals surface area contributed by atoms with Crippen molar-refractivity contribution < 1.29 is 9.53 Å². The number of likely N-dealkylation sites (tertiary alicyclic amines) is 1. The van der Waals surface area contributed by atoms with Gasteiger partial charge in [-0.1, -0.05) is 29.8 Å². The first-order valence-electron chi connectivity index (χ1n) is 8.30. The Morgan fingerprint density at radius 2 is 1.88 bits per heavy atom. The number of rotatable bonds is 5. The van der Waals surface area contributed by atoms with Crippen molar-refractivity contribution in [2.24, 2.45) is 0 Å². The Morgan fingerprint density at radius 3 is 2.54 bits per heavy atom. The standard InChI is InChI=1S/C20H23NO2S/c1-15-5-11-18(12-6-15)24-14-20(22)21-13-3-4-19(21)16-7-9-17(23-2)10-8-16/h5-12,19H,3-4,13-14H2,1-2H3. The lowest BCUT2D eigenvalue weighted by molar-refractivity contribution is -0.129. The molecule has 0 bridgehead atoms. The van der Waals surface area contributed by atoms with Gasteiger partial charge in [0.1, 0.15) is 5.75 Å². The van der Waals surface area contributed by atoms with E-state index >= 15 is 0 Å². The third-order valence-electron chi connectivity index (χ3n) is 4.46. The molecule has 3 nitrogen and oxygen atoms in total. The lowest BCUT2D eigenvalue weighted by Crippen LogP contribution is -2.31. The highest BCUT2D eigenvalue weighted by molar-refractivity contribution is 8.00. The summed E-state index contributed by atoms with van der Waals surface area (Å²) in [6.07, 6.45) is 2.10. The molecule has 1 saturated heterocycles. The summed E-state index contributed by atoms with van der Waals surface area (Å²) < 4.78 is 5.22. The number of aryl methyl sites for hydroxylation is 1. The monoisotopic (exact) mass is 341 g/mol. The van der Waals surface area contributed by atoms with Crippen molar-refractivity contribution in [1.29, 1.82) is 0 Å². The van der Waals surface area contributed by atoms with Crippen LogP contribution in [0.1, 0.15) is 30.0 Å². The van der Waals surface area contributed by atoms with Gasteiger partial charge in [-0.15, -0.1) is 11.8 Å². The summed E-state index contributed by atoms with van der Waals surface area (Å²) in [5.41, 5.74) is 2.44. The molecule has 1 fully saturated rings. The third-order valence-corrected chi connectivity index (χ3v) is 5.45. The van der Waals surface area contributed by atoms with Crippen molar-refractivity contribution >= 4 is 17.7 Å². The fraction of sp³-hybridized carbons (Fsp3) is 0.350. The Labute approximate surface area is 148 Å². The molecule has 2 aromatic rings. The quantitative estimate of drug-likeness (QED) is 0.752. The van der Waals surface area contributed by atoms with Gasteiger partial charge in [-0.05, 0) is 49.6 Å². The number of benzene rings is 2. The van der Waals surface area contributed by atoms with Crippen LogP contribution in [0, 0.1) is 6.92 Å². The van der Waals surface area contributed by atoms with Crippen LogP contribution in [-0.4, -0.2) is 30.2 Å². The smallest absolute Gasteiger partial charge is 0.233 e. The van der Waals surface area contributed by atoms with Crippen molar-refractivity contribution in [2.45, 2.75) is 30.7 Å². The van der Waals surface area contributed by atoms with E-state index in [0.717, 1.165) is 30.0 Å². The van der Waals surface area contributed by atoms with Crippen LogP contribution >= 0.6 is 11.8 Å². The fourth-order valence-electron chi connectivity index (χ4n) is 3.10. The molecule has 0 N–H and O–H groups in total. The second-order valence-corrected chi connectivity index (χ2v) is 7.17. The van der Waals surface area contributed by atoms with Gasteiger partial charge in [0.2, 0.25) is 5.91 Å². The number of nitrogens with zero attached hydrogens (tertiary/aromatic N) is 1. The van der Waals surface area contributed by atoms with Gasteiger partial charge in [-0.3, -0.25) is 4.79 Å². The largest absolute Gasteiger partial charge is 0.497 e. The fourth-order valence-corrected chi connectivity index (χ4v) is 3.88. The maximum Gasteiger partial charge on any atom is 0.233 e. The van der Waals surface area contributed by atoms with E-state index < -0.39 is 0 Å². The number of amides is 1. The average Bonchev–Trinajstić information content (AvgIpc) is 3.11. The van der Waals surface area contributed by atoms with Crippen LogP contribution in [0.25, 0.3) is 0 Å². The van der Waals surface area contributed by atoms with Gasteiger partial charge >= 0.3 is 0 Å². The molecule has 0 aromatic heterocycles. The first-order valence-corrected chi connectivity index (χ1v) is 9.29. The minimum atomic E-state index is 0.196. The van der Waals surface area contributed by atoms with Gasteiger partial charge in [0, 0.05) is 11.4 Å². The van der Waals surface area contributed by atoms with E-state index in [1.54, 1.807) is 18.9 Å². The number of hydrogen-bond donors (Lipinski definition) is 0. The van der Waals surface area contributed by atoms with Crippen LogP contribution in [0.3, 0.4) is 0 Å². The van der Waals surface area contributed by atoms with Crippen molar-refractivity contribution in [3.8, 4) is 5.75 Å². The lowest BCUT2D eigenvalue weighted by atomic mass is 10.0. The highest BCUT2D eigenvalue weighted by Gasteiger charge is 2.29. The van der Waals surface area contributed by atoms with Crippen LogP contribution in [0.15, 0.2) is 53.4 Å². The van der Waals surface area contributed by atoms with Gasteiger partial charge in [0.15, 0.2) is 0 Å². The Bertz CT molecular complexity index is 682. The molecular formula is C20H23NO2S. The molecule has 1 atom stereocenters. The predicted octanol–water partition coefficient (Wildman–Crippen LogP) is 4.46. The van der Waals surface area contributed by atoms with Crippen LogP contribution in [0.2, 0.25) is 0 Å². The molecule has 126 valence electrons. The molecule has 2 aromatic carbocycles. The summed E-state index contributed by atoms with van der Waals surface area (Å²) in [6.45, 7) is 2.92. The summed E-state index contributed by atoms with van der Waals surface area (Å²) in [5, 5.41) is 0. The first kappa shape index (κ1) is 16.9. The second-order valence-electron chi connectivity index (χ2n) is 6.12. The molecule has 0 saturated carbocycles. The maximum atomic E-state index is 12.7. The van der Waals surface area contributed by atoms with Crippen LogP contribution in [-0.2, 0) is 4.79 Å². The SMILES string of the molecule is COc1ccc(C2CCCN2C(=O)CSc2ccc(C)cc2)cc1. The number of thioether (sulfide) groups is 1. The minimum Gasteiger partial charge on any atom is -0.497 e. The van der Waals surface area contributed by atoms with Crippen molar-refractivity contribution in [1.82, 2.24) is 4.90 Å². The Morgan fingerprint density at radius 1 is 1.17 bits per heavy atom. The summed E-state index contributed by atoms with van der Waals surface area (Å²) in [5.74, 6) is 1.57. The summed E-state index contributed by atoms with van der Waals surface area (Å²) in [4.78, 5) is 15.9. The van der Waals surface area contributed by atoms with Crippen LogP contribution in [0.4, 0.5) is 0 Å². The number of ether oxygens (including phenoxy) is 1. The van der Waals surface area contributed by atoms with Crippen molar-refractivity contribution in [2.75, 3.05) is 19.4 Å². The zero-order valence-corrected chi connectivity index (χ0v) is 15.0. The van der Waals surface area contributed by atoms with Crippen molar-refractivity contribution in [3.63, 3.8) is 0 Å². The van der Waals surface area contributed by atoms with E-state index in [9.17, 15) is 4.79 Å². The predicted molar refractivity (Wildman–Crippen MR) is 98.6 cm³/mol. The van der Waals surface area contributed by atoms with E-state index in [-0.39, 0.29) is 11.9 Å². The van der Waals surface area contributed by atoms with Crippen molar-refractivity contribution in [3.05, 3.63) is 59.7 Å². The van der Waals surface area contributed by atoms with E-state index in [2.05, 4.69) is 43.3 Å². The Hall–Kier alpha value is -1.94. The summed E-state index contributed by atoms with van der Waals surface area (Å²) in [6, 6.07) is 16.6. The van der Waals surface area contributed by atoms with Gasteiger partial charge in [0.05, 0.1) is 18.9 Å². The van der Waals surface area contributed by atoms with E-state index in [4.69, 9.17) is 4.74 Å². The molecule has 0 radical (unpaired) electrons. The third kappa shape index (κ3) is 3.93. The average molecular weight is 341 g/mol. The highest BCUT2D eigenvalue weighted by Crippen LogP contribution is 2.33. The number of carbonyl (C=O) groups is 1. The van der Waals surface area contributed by atoms with Crippen LogP contribution < -0.4 is 4.74 Å². The van der Waals surface area contributed by atoms with Gasteiger partial charge in [0.25, 0.3) is 0 Å². The normalized spacial score (nSPS) is 17.1. The van der Waals surface area contributed by atoms with Gasteiger partial charge in [-0.2, -0.15) is 0 Å². The first-order chi connectivity index (χ1) is 11.7. The molecule has 3 rings (SSSR count). The van der Waals surface area contributed by atoms with Gasteiger partial charge < -0.3 is 9.64 Å². The molecular weight excluding hydrogens is 318 g/mol. The molecule has 24 heavy (non-hydrogen) atoms. The Kier molecular flexibility index (Phi) is 5.46. The molecule has 4 heteroatoms. The molecule has 1 heterocycles. The summed E-state index contributed by atoms with van der Waals surface area (Å²) >= 11 is 1.62. The Balaban J connectivity index is 1.63. The van der Waals surface area contributed by atoms with Gasteiger partial charge in [-0.25, -0.2) is 0 Å². The number of methoxy groups -OCH3 is 1. The molecule has 1 aliphatic heterocycles. The van der Waals surface area contributed by atoms with E-state index in [1.807, 2.05) is 17.0 Å². The molecule has 1 aliphatic rings.